The van der Waals surface area contributed by atoms with E-state index in [4.69, 9.17) is 9.47 Å². The quantitative estimate of drug-likeness (QED) is 0.601. The summed E-state index contributed by atoms with van der Waals surface area (Å²) in [5, 5.41) is 2.95. The molecule has 1 saturated heterocycles. The van der Waals surface area contributed by atoms with Crippen LogP contribution < -0.4 is 10.1 Å². The van der Waals surface area contributed by atoms with Crippen molar-refractivity contribution >= 4 is 44.9 Å². The van der Waals surface area contributed by atoms with Gasteiger partial charge in [-0.3, -0.25) is 4.79 Å². The van der Waals surface area contributed by atoms with Crippen LogP contribution in [-0.2, 0) is 4.74 Å². The van der Waals surface area contributed by atoms with Crippen LogP contribution in [0.5, 0.6) is 5.75 Å². The molecule has 0 radical (unpaired) electrons. The molecule has 1 atom stereocenters. The predicted molar refractivity (Wildman–Crippen MR) is 110 cm³/mol. The smallest absolute Gasteiger partial charge is 0.255 e. The van der Waals surface area contributed by atoms with Crippen LogP contribution in [0.3, 0.4) is 0 Å². The van der Waals surface area contributed by atoms with E-state index in [0.29, 0.717) is 12.2 Å². The van der Waals surface area contributed by atoms with E-state index in [1.54, 1.807) is 35.2 Å². The molecule has 0 bridgehead atoms. The topological polar surface area (TPSA) is 60.5 Å². The van der Waals surface area contributed by atoms with Crippen molar-refractivity contribution in [2.45, 2.75) is 23.3 Å². The van der Waals surface area contributed by atoms with Gasteiger partial charge in [-0.1, -0.05) is 11.8 Å². The molecule has 1 aliphatic heterocycles. The Morgan fingerprint density at radius 3 is 2.93 bits per heavy atom. The Morgan fingerprint density at radius 2 is 2.19 bits per heavy atom. The lowest BCUT2D eigenvalue weighted by Crippen LogP contribution is -2.16. The zero-order chi connectivity index (χ0) is 18.6. The second-order valence-corrected chi connectivity index (χ2v) is 8.37. The number of hydrogen-bond acceptors (Lipinski definition) is 6. The number of aromatic nitrogens is 1. The number of thioether (sulfide) groups is 1. The molecule has 0 spiro atoms. The molecule has 1 aliphatic rings. The molecule has 7 heteroatoms. The summed E-state index contributed by atoms with van der Waals surface area (Å²) in [6, 6.07) is 13.0. The molecular formula is C20H20N2O3S2. The summed E-state index contributed by atoms with van der Waals surface area (Å²) in [7, 11) is 0. The Balaban J connectivity index is 1.38. The van der Waals surface area contributed by atoms with Gasteiger partial charge in [0.15, 0.2) is 4.34 Å². The van der Waals surface area contributed by atoms with E-state index in [1.807, 2.05) is 36.6 Å². The molecule has 3 aromatic rings. The van der Waals surface area contributed by atoms with Crippen LogP contribution in [0.15, 0.2) is 46.8 Å². The first-order valence-electron chi connectivity index (χ1n) is 8.82. The maximum Gasteiger partial charge on any atom is 0.255 e. The third-order valence-corrected chi connectivity index (χ3v) is 6.38. The van der Waals surface area contributed by atoms with Gasteiger partial charge in [-0.05, 0) is 61.6 Å². The lowest BCUT2D eigenvalue weighted by Gasteiger charge is -2.11. The first-order valence-corrected chi connectivity index (χ1v) is 10.9. The minimum atomic E-state index is -0.144. The fraction of sp³-hybridized carbons (Fsp3) is 0.300. The number of amides is 1. The van der Waals surface area contributed by atoms with Gasteiger partial charge in [-0.15, -0.1) is 11.3 Å². The number of hydrogen-bond donors (Lipinski definition) is 1. The van der Waals surface area contributed by atoms with E-state index in [1.165, 1.54) is 0 Å². The van der Waals surface area contributed by atoms with Gasteiger partial charge in [0.25, 0.3) is 5.91 Å². The third kappa shape index (κ3) is 4.43. The van der Waals surface area contributed by atoms with E-state index in [2.05, 4.69) is 10.3 Å². The minimum absolute atomic E-state index is 0.144. The molecule has 4 rings (SSSR count). The standard InChI is InChI=1S/C20H20N2O3S2/c1-26-20-22-17-9-6-14(11-18(17)27-20)21-19(23)13-4-7-15(8-5-13)25-12-16-3-2-10-24-16/h4-9,11,16H,2-3,10,12H2,1H3,(H,21,23)/t16-/m1/s1. The van der Waals surface area contributed by atoms with Gasteiger partial charge in [0.2, 0.25) is 0 Å². The third-order valence-electron chi connectivity index (χ3n) is 4.38. The monoisotopic (exact) mass is 400 g/mol. The van der Waals surface area contributed by atoms with Crippen LogP contribution in [0.25, 0.3) is 10.2 Å². The maximum absolute atomic E-state index is 12.5. The van der Waals surface area contributed by atoms with Crippen LogP contribution in [0.4, 0.5) is 5.69 Å². The van der Waals surface area contributed by atoms with E-state index >= 15 is 0 Å². The molecule has 5 nitrogen and oxygen atoms in total. The molecule has 2 heterocycles. The zero-order valence-corrected chi connectivity index (χ0v) is 16.6. The molecular weight excluding hydrogens is 380 g/mol. The van der Waals surface area contributed by atoms with E-state index in [0.717, 1.165) is 45.4 Å². The van der Waals surface area contributed by atoms with Crippen LogP contribution in [0.1, 0.15) is 23.2 Å². The number of benzene rings is 2. The summed E-state index contributed by atoms with van der Waals surface area (Å²) < 4.78 is 13.4. The Labute approximate surface area is 166 Å². The molecule has 0 unspecified atom stereocenters. The van der Waals surface area contributed by atoms with Gasteiger partial charge in [-0.2, -0.15) is 0 Å². The number of rotatable bonds is 6. The van der Waals surface area contributed by atoms with E-state index < -0.39 is 0 Å². The highest BCUT2D eigenvalue weighted by Gasteiger charge is 2.16. The number of carbonyl (C=O) groups excluding carboxylic acids is 1. The zero-order valence-electron chi connectivity index (χ0n) is 14.9. The Kier molecular flexibility index (Phi) is 5.61. The van der Waals surface area contributed by atoms with Crippen molar-refractivity contribution in [1.82, 2.24) is 4.98 Å². The highest BCUT2D eigenvalue weighted by molar-refractivity contribution is 8.00. The molecule has 1 fully saturated rings. The summed E-state index contributed by atoms with van der Waals surface area (Å²) in [5.74, 6) is 0.604. The number of fused-ring (bicyclic) bond motifs is 1. The molecule has 1 aromatic heterocycles. The van der Waals surface area contributed by atoms with E-state index in [-0.39, 0.29) is 12.0 Å². The Morgan fingerprint density at radius 1 is 1.33 bits per heavy atom. The van der Waals surface area contributed by atoms with Gasteiger partial charge in [0.1, 0.15) is 12.4 Å². The SMILES string of the molecule is CSc1nc2ccc(NC(=O)c3ccc(OC[C@H]4CCCO4)cc3)cc2s1. The summed E-state index contributed by atoms with van der Waals surface area (Å²) in [5.41, 5.74) is 2.31. The normalized spacial score (nSPS) is 16.6. The number of ether oxygens (including phenoxy) is 2. The Hall–Kier alpha value is -2.09. The summed E-state index contributed by atoms with van der Waals surface area (Å²) in [4.78, 5) is 17.0. The number of carbonyl (C=O) groups is 1. The number of anilines is 1. The second-order valence-electron chi connectivity index (χ2n) is 6.29. The molecule has 1 N–H and O–H groups in total. The van der Waals surface area contributed by atoms with Crippen LogP contribution in [-0.4, -0.2) is 36.5 Å². The van der Waals surface area contributed by atoms with Crippen molar-refractivity contribution in [3.05, 3.63) is 48.0 Å². The van der Waals surface area contributed by atoms with Gasteiger partial charge in [0, 0.05) is 17.9 Å². The lowest BCUT2D eigenvalue weighted by atomic mass is 10.2. The van der Waals surface area contributed by atoms with Crippen LogP contribution in [0, 0.1) is 0 Å². The van der Waals surface area contributed by atoms with Gasteiger partial charge < -0.3 is 14.8 Å². The highest BCUT2D eigenvalue weighted by atomic mass is 32.2. The molecule has 2 aromatic carbocycles. The van der Waals surface area contributed by atoms with Gasteiger partial charge >= 0.3 is 0 Å². The van der Waals surface area contributed by atoms with Crippen molar-refractivity contribution < 1.29 is 14.3 Å². The maximum atomic E-state index is 12.5. The van der Waals surface area contributed by atoms with Crippen molar-refractivity contribution in [2.24, 2.45) is 0 Å². The van der Waals surface area contributed by atoms with Crippen LogP contribution >= 0.6 is 23.1 Å². The average Bonchev–Trinajstić information content (AvgIpc) is 3.35. The number of nitrogens with zero attached hydrogens (tertiary/aromatic N) is 1. The van der Waals surface area contributed by atoms with Crippen molar-refractivity contribution in [3.63, 3.8) is 0 Å². The first-order chi connectivity index (χ1) is 13.2. The predicted octanol–water partition coefficient (Wildman–Crippen LogP) is 4.83. The fourth-order valence-electron chi connectivity index (χ4n) is 2.94. The molecule has 140 valence electrons. The Bertz CT molecular complexity index is 934. The molecule has 0 aliphatic carbocycles. The highest BCUT2D eigenvalue weighted by Crippen LogP contribution is 2.30. The number of thiazole rings is 1. The summed E-state index contributed by atoms with van der Waals surface area (Å²) >= 11 is 3.25. The lowest BCUT2D eigenvalue weighted by molar-refractivity contribution is 0.0679. The second kappa shape index (κ2) is 8.29. The summed E-state index contributed by atoms with van der Waals surface area (Å²) in [6.07, 6.45) is 4.33. The molecule has 27 heavy (non-hydrogen) atoms. The van der Waals surface area contributed by atoms with Gasteiger partial charge in [0.05, 0.1) is 16.3 Å². The number of nitrogens with one attached hydrogen (secondary N) is 1. The largest absolute Gasteiger partial charge is 0.491 e. The fourth-order valence-corrected chi connectivity index (χ4v) is 4.47. The molecule has 1 amide bonds. The first kappa shape index (κ1) is 18.3. The van der Waals surface area contributed by atoms with Crippen molar-refractivity contribution in [3.8, 4) is 5.75 Å². The van der Waals surface area contributed by atoms with Crippen molar-refractivity contribution in [1.29, 1.82) is 0 Å². The average molecular weight is 401 g/mol. The van der Waals surface area contributed by atoms with E-state index in [9.17, 15) is 4.79 Å². The summed E-state index contributed by atoms with van der Waals surface area (Å²) in [6.45, 7) is 1.37. The van der Waals surface area contributed by atoms with Crippen LogP contribution in [0.2, 0.25) is 0 Å². The molecule has 0 saturated carbocycles. The van der Waals surface area contributed by atoms with Crippen molar-refractivity contribution in [2.75, 3.05) is 24.8 Å². The van der Waals surface area contributed by atoms with Gasteiger partial charge in [-0.25, -0.2) is 4.98 Å². The minimum Gasteiger partial charge on any atom is -0.491 e.